The zero-order valence-corrected chi connectivity index (χ0v) is 15.3. The van der Waals surface area contributed by atoms with Gasteiger partial charge >= 0.3 is 0 Å². The molecule has 122 valence electrons. The number of rotatable bonds is 5. The zero-order valence-electron chi connectivity index (χ0n) is 12.9. The smallest absolute Gasteiger partial charge is 0.263 e. The van der Waals surface area contributed by atoms with Gasteiger partial charge in [0.25, 0.3) is 10.0 Å². The first kappa shape index (κ1) is 16.7. The quantitative estimate of drug-likeness (QED) is 0.565. The van der Waals surface area contributed by atoms with Gasteiger partial charge in [-0.3, -0.25) is 4.31 Å². The van der Waals surface area contributed by atoms with Crippen LogP contribution in [0.3, 0.4) is 0 Å². The second-order valence-electron chi connectivity index (χ2n) is 5.31. The van der Waals surface area contributed by atoms with E-state index in [0.717, 1.165) is 15.2 Å². The molecular formula is C19H16BrNO2S. The molecule has 0 aliphatic carbocycles. The van der Waals surface area contributed by atoms with Gasteiger partial charge in [0.1, 0.15) is 0 Å². The summed E-state index contributed by atoms with van der Waals surface area (Å²) in [6, 6.07) is 20.1. The molecule has 0 heterocycles. The van der Waals surface area contributed by atoms with E-state index < -0.39 is 10.0 Å². The summed E-state index contributed by atoms with van der Waals surface area (Å²) in [6.07, 6.45) is 1.58. The first-order chi connectivity index (χ1) is 11.5. The summed E-state index contributed by atoms with van der Waals surface area (Å²) < 4.78 is 28.5. The van der Waals surface area contributed by atoms with E-state index in [-0.39, 0.29) is 11.4 Å². The summed E-state index contributed by atoms with van der Waals surface area (Å²) >= 11 is 3.37. The van der Waals surface area contributed by atoms with Crippen LogP contribution >= 0.6 is 15.9 Å². The number of benzene rings is 3. The molecule has 0 aliphatic heterocycles. The standard InChI is InChI=1S/C19H16BrNO2S/c1-2-13-21(18-10-8-17(20)9-11-18)24(22,23)19-12-7-15-5-3-4-6-16(15)14-19/h2-12,14H,1,13H2. The molecule has 24 heavy (non-hydrogen) atoms. The first-order valence-corrected chi connectivity index (χ1v) is 9.64. The molecule has 3 aromatic carbocycles. The minimum atomic E-state index is -3.67. The van der Waals surface area contributed by atoms with Gasteiger partial charge in [0.05, 0.1) is 17.1 Å². The second kappa shape index (κ2) is 6.79. The van der Waals surface area contributed by atoms with E-state index in [1.54, 1.807) is 30.3 Å². The number of halogens is 1. The van der Waals surface area contributed by atoms with Gasteiger partial charge in [-0.15, -0.1) is 6.58 Å². The Bertz CT molecular complexity index is 982. The van der Waals surface area contributed by atoms with Crippen molar-refractivity contribution in [3.63, 3.8) is 0 Å². The third-order valence-corrected chi connectivity index (χ3v) is 6.04. The van der Waals surface area contributed by atoms with Crippen molar-refractivity contribution in [2.45, 2.75) is 4.90 Å². The minimum absolute atomic E-state index is 0.205. The van der Waals surface area contributed by atoms with Crippen LogP contribution in [0.5, 0.6) is 0 Å². The Balaban J connectivity index is 2.10. The van der Waals surface area contributed by atoms with Gasteiger partial charge in [0, 0.05) is 4.47 Å². The summed E-state index contributed by atoms with van der Waals surface area (Å²) in [5.41, 5.74) is 0.603. The summed E-state index contributed by atoms with van der Waals surface area (Å²) in [5, 5.41) is 1.91. The molecule has 0 bridgehead atoms. The van der Waals surface area contributed by atoms with E-state index in [4.69, 9.17) is 0 Å². The summed E-state index contributed by atoms with van der Waals surface area (Å²) in [6.45, 7) is 3.89. The molecule has 0 aromatic heterocycles. The van der Waals surface area contributed by atoms with Crippen molar-refractivity contribution in [2.24, 2.45) is 0 Å². The lowest BCUT2D eigenvalue weighted by Crippen LogP contribution is -2.31. The molecule has 3 rings (SSSR count). The lowest BCUT2D eigenvalue weighted by molar-refractivity contribution is 0.593. The molecule has 0 amide bonds. The molecule has 0 saturated heterocycles. The Kier molecular flexibility index (Phi) is 4.73. The lowest BCUT2D eigenvalue weighted by Gasteiger charge is -2.23. The van der Waals surface area contributed by atoms with Gasteiger partial charge in [0.15, 0.2) is 0 Å². The van der Waals surface area contributed by atoms with Crippen LogP contribution in [0.15, 0.2) is 88.8 Å². The normalized spacial score (nSPS) is 11.4. The van der Waals surface area contributed by atoms with E-state index in [1.165, 1.54) is 4.31 Å². The number of hydrogen-bond acceptors (Lipinski definition) is 2. The highest BCUT2D eigenvalue weighted by molar-refractivity contribution is 9.10. The minimum Gasteiger partial charge on any atom is -0.263 e. The van der Waals surface area contributed by atoms with Gasteiger partial charge < -0.3 is 0 Å². The number of hydrogen-bond donors (Lipinski definition) is 0. The van der Waals surface area contributed by atoms with Crippen molar-refractivity contribution in [3.8, 4) is 0 Å². The number of sulfonamides is 1. The highest BCUT2D eigenvalue weighted by Gasteiger charge is 2.24. The highest BCUT2D eigenvalue weighted by Crippen LogP contribution is 2.27. The first-order valence-electron chi connectivity index (χ1n) is 7.40. The second-order valence-corrected chi connectivity index (χ2v) is 8.09. The zero-order chi connectivity index (χ0) is 17.2. The molecule has 0 unspecified atom stereocenters. The van der Waals surface area contributed by atoms with Gasteiger partial charge in [0.2, 0.25) is 0 Å². The molecule has 0 atom stereocenters. The van der Waals surface area contributed by atoms with Crippen LogP contribution in [0.4, 0.5) is 5.69 Å². The molecular weight excluding hydrogens is 386 g/mol. The van der Waals surface area contributed by atoms with E-state index in [2.05, 4.69) is 22.5 Å². The Labute approximate surface area is 150 Å². The van der Waals surface area contributed by atoms with E-state index >= 15 is 0 Å². The highest BCUT2D eigenvalue weighted by atomic mass is 79.9. The lowest BCUT2D eigenvalue weighted by atomic mass is 10.1. The fourth-order valence-corrected chi connectivity index (χ4v) is 4.26. The molecule has 0 aliphatic rings. The maximum absolute atomic E-state index is 13.1. The molecule has 5 heteroatoms. The van der Waals surface area contributed by atoms with Crippen LogP contribution < -0.4 is 4.31 Å². The predicted molar refractivity (Wildman–Crippen MR) is 103 cm³/mol. The Morgan fingerprint density at radius 2 is 1.62 bits per heavy atom. The fraction of sp³-hybridized carbons (Fsp3) is 0.0526. The maximum Gasteiger partial charge on any atom is 0.264 e. The van der Waals surface area contributed by atoms with Crippen LogP contribution in [0.25, 0.3) is 10.8 Å². The van der Waals surface area contributed by atoms with Crippen molar-refractivity contribution in [1.29, 1.82) is 0 Å². The van der Waals surface area contributed by atoms with Crippen molar-refractivity contribution >= 4 is 42.4 Å². The average Bonchev–Trinajstić information content (AvgIpc) is 2.60. The number of nitrogens with zero attached hydrogens (tertiary/aromatic N) is 1. The molecule has 0 saturated carbocycles. The van der Waals surface area contributed by atoms with Gasteiger partial charge in [-0.1, -0.05) is 52.3 Å². The van der Waals surface area contributed by atoms with E-state index in [0.29, 0.717) is 5.69 Å². The largest absolute Gasteiger partial charge is 0.264 e. The molecule has 3 nitrogen and oxygen atoms in total. The van der Waals surface area contributed by atoms with Gasteiger partial charge in [-0.2, -0.15) is 0 Å². The number of anilines is 1. The van der Waals surface area contributed by atoms with Crippen LogP contribution in [0.1, 0.15) is 0 Å². The third-order valence-electron chi connectivity index (χ3n) is 3.72. The molecule has 0 radical (unpaired) electrons. The topological polar surface area (TPSA) is 37.4 Å². The SMILES string of the molecule is C=CCN(c1ccc(Br)cc1)S(=O)(=O)c1ccc2ccccc2c1. The van der Waals surface area contributed by atoms with Gasteiger partial charge in [-0.05, 0) is 47.2 Å². The van der Waals surface area contributed by atoms with E-state index in [1.807, 2.05) is 42.5 Å². The maximum atomic E-state index is 13.1. The van der Waals surface area contributed by atoms with Crippen molar-refractivity contribution < 1.29 is 8.42 Å². The third kappa shape index (κ3) is 3.23. The molecule has 0 N–H and O–H groups in total. The van der Waals surface area contributed by atoms with Crippen LogP contribution in [-0.4, -0.2) is 15.0 Å². The monoisotopic (exact) mass is 401 g/mol. The summed E-state index contributed by atoms with van der Waals surface area (Å²) in [5.74, 6) is 0. The van der Waals surface area contributed by atoms with Gasteiger partial charge in [-0.25, -0.2) is 8.42 Å². The predicted octanol–water partition coefficient (Wildman–Crippen LogP) is 4.98. The summed E-state index contributed by atoms with van der Waals surface area (Å²) in [4.78, 5) is 0.269. The Morgan fingerprint density at radius 1 is 0.958 bits per heavy atom. The van der Waals surface area contributed by atoms with Crippen LogP contribution in [0.2, 0.25) is 0 Å². The molecule has 3 aromatic rings. The average molecular weight is 402 g/mol. The van der Waals surface area contributed by atoms with Crippen LogP contribution in [-0.2, 0) is 10.0 Å². The van der Waals surface area contributed by atoms with Crippen molar-refractivity contribution in [1.82, 2.24) is 0 Å². The number of fused-ring (bicyclic) bond motifs is 1. The van der Waals surface area contributed by atoms with E-state index in [9.17, 15) is 8.42 Å². The molecule has 0 fully saturated rings. The van der Waals surface area contributed by atoms with Crippen molar-refractivity contribution in [3.05, 3.63) is 83.9 Å². The Morgan fingerprint density at radius 3 is 2.29 bits per heavy atom. The van der Waals surface area contributed by atoms with Crippen LogP contribution in [0, 0.1) is 0 Å². The fourth-order valence-electron chi connectivity index (χ4n) is 2.52. The Hall–Kier alpha value is -2.11. The van der Waals surface area contributed by atoms with Crippen molar-refractivity contribution in [2.75, 3.05) is 10.8 Å². The molecule has 0 spiro atoms. The summed E-state index contributed by atoms with van der Waals surface area (Å²) in [7, 11) is -3.67.